The highest BCUT2D eigenvalue weighted by Gasteiger charge is 2.13. The first kappa shape index (κ1) is 18.5. The van der Waals surface area contributed by atoms with Crippen molar-refractivity contribution in [3.05, 3.63) is 77.0 Å². The van der Waals surface area contributed by atoms with Crippen molar-refractivity contribution >= 4 is 22.7 Å². The van der Waals surface area contributed by atoms with E-state index in [-0.39, 0.29) is 12.2 Å². The molecule has 0 saturated carbocycles. The lowest BCUT2D eigenvalue weighted by atomic mass is 10.2. The fraction of sp³-hybridized carbons (Fsp3) is 0.190. The van der Waals surface area contributed by atoms with Crippen LogP contribution in [0.5, 0.6) is 0 Å². The molecule has 0 unspecified atom stereocenters. The number of fused-ring (bicyclic) bond motifs is 1. The van der Waals surface area contributed by atoms with Crippen molar-refractivity contribution in [1.82, 2.24) is 14.5 Å². The highest BCUT2D eigenvalue weighted by Crippen LogP contribution is 2.25. The number of benzene rings is 2. The van der Waals surface area contributed by atoms with E-state index >= 15 is 0 Å². The zero-order valence-electron chi connectivity index (χ0n) is 15.1. The predicted octanol–water partition coefficient (Wildman–Crippen LogP) is 3.73. The second-order valence-electron chi connectivity index (χ2n) is 6.22. The van der Waals surface area contributed by atoms with Crippen molar-refractivity contribution in [2.45, 2.75) is 23.9 Å². The summed E-state index contributed by atoms with van der Waals surface area (Å²) in [4.78, 5) is 21.8. The van der Waals surface area contributed by atoms with E-state index in [9.17, 15) is 9.90 Å². The van der Waals surface area contributed by atoms with Crippen molar-refractivity contribution in [2.24, 2.45) is 0 Å². The minimum absolute atomic E-state index is 0.0174. The van der Waals surface area contributed by atoms with Crippen LogP contribution >= 0.6 is 11.8 Å². The summed E-state index contributed by atoms with van der Waals surface area (Å²) in [5.41, 5.74) is 1.53. The quantitative estimate of drug-likeness (QED) is 0.381. The van der Waals surface area contributed by atoms with Crippen LogP contribution < -0.4 is 5.56 Å². The highest BCUT2D eigenvalue weighted by molar-refractivity contribution is 7.98. The molecule has 0 atom stereocenters. The monoisotopic (exact) mass is 393 g/mol. The van der Waals surface area contributed by atoms with Crippen molar-refractivity contribution < 1.29 is 9.52 Å². The summed E-state index contributed by atoms with van der Waals surface area (Å²) in [5, 5.41) is 10.3. The van der Waals surface area contributed by atoms with Gasteiger partial charge in [0.15, 0.2) is 10.9 Å². The first-order valence-electron chi connectivity index (χ1n) is 8.99. The average molecular weight is 393 g/mol. The van der Waals surface area contributed by atoms with Crippen LogP contribution in [0.25, 0.3) is 22.2 Å². The molecule has 0 spiro atoms. The zero-order chi connectivity index (χ0) is 19.3. The smallest absolute Gasteiger partial charge is 0.262 e. The summed E-state index contributed by atoms with van der Waals surface area (Å²) in [6, 6.07) is 17.1. The van der Waals surface area contributed by atoms with Crippen LogP contribution in [-0.4, -0.2) is 26.2 Å². The Morgan fingerprint density at radius 2 is 1.86 bits per heavy atom. The van der Waals surface area contributed by atoms with E-state index in [0.29, 0.717) is 46.4 Å². The van der Waals surface area contributed by atoms with Gasteiger partial charge in [-0.2, -0.15) is 0 Å². The van der Waals surface area contributed by atoms with Crippen molar-refractivity contribution in [1.29, 1.82) is 0 Å². The van der Waals surface area contributed by atoms with Gasteiger partial charge in [0.25, 0.3) is 5.56 Å². The molecule has 2 aromatic heterocycles. The number of nitrogens with zero attached hydrogens (tertiary/aromatic N) is 3. The van der Waals surface area contributed by atoms with Crippen LogP contribution in [-0.2, 0) is 12.3 Å². The van der Waals surface area contributed by atoms with Crippen molar-refractivity contribution in [2.75, 3.05) is 6.61 Å². The van der Waals surface area contributed by atoms with E-state index < -0.39 is 0 Å². The largest absolute Gasteiger partial charge is 0.440 e. The van der Waals surface area contributed by atoms with E-state index in [1.165, 1.54) is 11.8 Å². The number of aliphatic hydroxyl groups excluding tert-OH is 1. The maximum Gasteiger partial charge on any atom is 0.262 e. The summed E-state index contributed by atoms with van der Waals surface area (Å²) in [7, 11) is 0. The van der Waals surface area contributed by atoms with Gasteiger partial charge in [0, 0.05) is 18.7 Å². The summed E-state index contributed by atoms with van der Waals surface area (Å²) < 4.78 is 7.46. The van der Waals surface area contributed by atoms with Gasteiger partial charge < -0.3 is 9.52 Å². The second kappa shape index (κ2) is 8.41. The molecule has 0 aliphatic rings. The Hall–Kier alpha value is -2.90. The van der Waals surface area contributed by atoms with E-state index in [1.54, 1.807) is 16.8 Å². The molecule has 0 fully saturated rings. The number of rotatable bonds is 7. The first-order chi connectivity index (χ1) is 13.8. The zero-order valence-corrected chi connectivity index (χ0v) is 15.9. The second-order valence-corrected chi connectivity index (χ2v) is 7.16. The summed E-state index contributed by atoms with van der Waals surface area (Å²) in [6.07, 6.45) is 2.20. The van der Waals surface area contributed by atoms with Gasteiger partial charge in [-0.05, 0) is 18.6 Å². The Morgan fingerprint density at radius 1 is 1.07 bits per heavy atom. The van der Waals surface area contributed by atoms with Gasteiger partial charge in [0.2, 0.25) is 5.89 Å². The Morgan fingerprint density at radius 3 is 2.68 bits per heavy atom. The van der Waals surface area contributed by atoms with Gasteiger partial charge >= 0.3 is 0 Å². The van der Waals surface area contributed by atoms with Gasteiger partial charge in [0.1, 0.15) is 0 Å². The third kappa shape index (κ3) is 3.85. The fourth-order valence-corrected chi connectivity index (χ4v) is 3.80. The number of aromatic nitrogens is 3. The molecule has 2 aromatic carbocycles. The summed E-state index contributed by atoms with van der Waals surface area (Å²) in [6.45, 7) is 0.430. The molecule has 6 nitrogen and oxygen atoms in total. The molecule has 4 aromatic rings. The molecule has 1 N–H and O–H groups in total. The van der Waals surface area contributed by atoms with Gasteiger partial charge in [-0.3, -0.25) is 9.36 Å². The van der Waals surface area contributed by atoms with Crippen LogP contribution in [0.15, 0.2) is 75.2 Å². The molecule has 2 heterocycles. The molecule has 28 heavy (non-hydrogen) atoms. The highest BCUT2D eigenvalue weighted by atomic mass is 32.2. The molecule has 0 amide bonds. The van der Waals surface area contributed by atoms with Crippen LogP contribution in [0.3, 0.4) is 0 Å². The van der Waals surface area contributed by atoms with Crippen LogP contribution in [0.1, 0.15) is 12.3 Å². The van der Waals surface area contributed by atoms with E-state index in [4.69, 9.17) is 4.42 Å². The number of thioether (sulfide) groups is 1. The molecule has 0 bridgehead atoms. The SMILES string of the molecule is O=c1c2ccccc2nc(SCc2ncc(-c3ccccc3)o2)n1CCCO. The summed E-state index contributed by atoms with van der Waals surface area (Å²) >= 11 is 1.40. The van der Waals surface area contributed by atoms with Crippen molar-refractivity contribution in [3.63, 3.8) is 0 Å². The van der Waals surface area contributed by atoms with Gasteiger partial charge in [-0.1, -0.05) is 54.2 Å². The minimum atomic E-state index is -0.0982. The lowest BCUT2D eigenvalue weighted by Crippen LogP contribution is -2.24. The fourth-order valence-electron chi connectivity index (χ4n) is 2.92. The Bertz CT molecular complexity index is 1140. The topological polar surface area (TPSA) is 81.2 Å². The molecule has 0 aliphatic carbocycles. The molecule has 0 radical (unpaired) electrons. The number of para-hydroxylation sites is 1. The lowest BCUT2D eigenvalue weighted by molar-refractivity contribution is 0.276. The van der Waals surface area contributed by atoms with Crippen LogP contribution in [0, 0.1) is 0 Å². The Labute approximate surface area is 165 Å². The van der Waals surface area contributed by atoms with Crippen LogP contribution in [0.2, 0.25) is 0 Å². The van der Waals surface area contributed by atoms with Crippen LogP contribution in [0.4, 0.5) is 0 Å². The molecule has 0 saturated heterocycles. The van der Waals surface area contributed by atoms with Gasteiger partial charge in [0.05, 0.1) is 22.9 Å². The lowest BCUT2D eigenvalue weighted by Gasteiger charge is -2.12. The predicted molar refractivity (Wildman–Crippen MR) is 109 cm³/mol. The molecule has 0 aliphatic heterocycles. The maximum absolute atomic E-state index is 12.8. The minimum Gasteiger partial charge on any atom is -0.440 e. The first-order valence-corrected chi connectivity index (χ1v) is 9.98. The maximum atomic E-state index is 12.8. The third-order valence-electron chi connectivity index (χ3n) is 4.30. The average Bonchev–Trinajstić information content (AvgIpc) is 3.21. The molecular formula is C21H19N3O3S. The van der Waals surface area contributed by atoms with Crippen molar-refractivity contribution in [3.8, 4) is 11.3 Å². The summed E-state index contributed by atoms with van der Waals surface area (Å²) in [5.74, 6) is 1.73. The van der Waals surface area contributed by atoms with Gasteiger partial charge in [-0.15, -0.1) is 0 Å². The molecule has 142 valence electrons. The normalized spacial score (nSPS) is 11.2. The number of hydrogen-bond acceptors (Lipinski definition) is 6. The van der Waals surface area contributed by atoms with E-state index in [1.807, 2.05) is 48.5 Å². The van der Waals surface area contributed by atoms with E-state index in [2.05, 4.69) is 9.97 Å². The number of oxazole rings is 1. The molecule has 7 heteroatoms. The Kier molecular flexibility index (Phi) is 5.55. The Balaban J connectivity index is 1.60. The number of hydrogen-bond donors (Lipinski definition) is 1. The third-order valence-corrected chi connectivity index (χ3v) is 5.26. The number of aliphatic hydroxyl groups is 1. The molecule has 4 rings (SSSR count). The van der Waals surface area contributed by atoms with Gasteiger partial charge in [-0.25, -0.2) is 9.97 Å². The standard InChI is InChI=1S/C21H19N3O3S/c25-12-6-11-24-20(26)16-9-4-5-10-17(16)23-21(24)28-14-19-22-13-18(27-19)15-7-2-1-3-8-15/h1-5,7-10,13,25H,6,11-12,14H2. The molecular weight excluding hydrogens is 374 g/mol. The van der Waals surface area contributed by atoms with E-state index in [0.717, 1.165) is 5.56 Å².